The molecule has 1 aromatic heterocycles. The minimum atomic E-state index is -1.13. The van der Waals surface area contributed by atoms with Gasteiger partial charge in [0.25, 0.3) is 11.8 Å². The van der Waals surface area contributed by atoms with Crippen LogP contribution in [-0.4, -0.2) is 11.8 Å². The van der Waals surface area contributed by atoms with Gasteiger partial charge in [0.2, 0.25) is 0 Å². The van der Waals surface area contributed by atoms with E-state index in [-0.39, 0.29) is 17.0 Å². The highest BCUT2D eigenvalue weighted by Gasteiger charge is 2.41. The maximum absolute atomic E-state index is 13.7. The average molecular weight is 410 g/mol. The highest BCUT2D eigenvalue weighted by Crippen LogP contribution is 2.35. The number of hydrogen-bond donors (Lipinski definition) is 1. The van der Waals surface area contributed by atoms with Crippen LogP contribution in [0.5, 0.6) is 0 Å². The van der Waals surface area contributed by atoms with Gasteiger partial charge in [-0.1, -0.05) is 25.1 Å². The van der Waals surface area contributed by atoms with Crippen LogP contribution in [0.15, 0.2) is 65.7 Å². The summed E-state index contributed by atoms with van der Waals surface area (Å²) in [6.45, 7) is 2.04. The summed E-state index contributed by atoms with van der Waals surface area (Å²) in [4.78, 5) is 27.7. The molecule has 0 unspecified atom stereocenters. The van der Waals surface area contributed by atoms with Crippen molar-refractivity contribution in [1.82, 2.24) is 0 Å². The van der Waals surface area contributed by atoms with Crippen LogP contribution in [0.4, 0.5) is 20.2 Å². The molecule has 1 N–H and O–H groups in total. The molecule has 0 radical (unpaired) electrons. The molecule has 0 fully saturated rings. The normalized spacial score (nSPS) is 14.1. The molecule has 0 atom stereocenters. The third-order valence-electron chi connectivity index (χ3n) is 4.64. The van der Waals surface area contributed by atoms with Gasteiger partial charge in [-0.25, -0.2) is 13.7 Å². The number of hydrogen-bond acceptors (Lipinski definition) is 4. The quantitative estimate of drug-likeness (QED) is 0.603. The highest BCUT2D eigenvalue weighted by atomic mass is 32.1. The predicted octanol–water partition coefficient (Wildman–Crippen LogP) is 4.99. The summed E-state index contributed by atoms with van der Waals surface area (Å²) in [5, 5.41) is 4.84. The number of anilines is 2. The van der Waals surface area contributed by atoms with Crippen molar-refractivity contribution in [2.45, 2.75) is 13.3 Å². The first kappa shape index (κ1) is 19.0. The number of thiophene rings is 1. The lowest BCUT2D eigenvalue weighted by Crippen LogP contribution is -2.32. The lowest BCUT2D eigenvalue weighted by molar-refractivity contribution is -0.120. The second kappa shape index (κ2) is 7.60. The fraction of sp³-hybridized carbons (Fsp3) is 0.0909. The van der Waals surface area contributed by atoms with Crippen molar-refractivity contribution in [3.8, 4) is 0 Å². The molecule has 1 aliphatic rings. The van der Waals surface area contributed by atoms with Crippen molar-refractivity contribution < 1.29 is 18.4 Å². The molecule has 4 rings (SSSR count). The van der Waals surface area contributed by atoms with Crippen LogP contribution in [0.1, 0.15) is 17.4 Å². The van der Waals surface area contributed by atoms with Gasteiger partial charge in [-0.05, 0) is 47.7 Å². The van der Waals surface area contributed by atoms with E-state index in [0.29, 0.717) is 10.6 Å². The summed E-state index contributed by atoms with van der Waals surface area (Å²) in [6.07, 6.45) is 0.880. The number of rotatable bonds is 5. The van der Waals surface area contributed by atoms with Gasteiger partial charge in [0.15, 0.2) is 11.6 Å². The standard InChI is InChI=1S/C22H16F2N2O2S/c1-2-13-5-7-14(8-6-13)25-20-19(18-4-3-11-29-18)21(27)26(22(20)28)15-9-10-16(23)17(24)12-15/h3-12,25H,2H2,1H3. The number of halogens is 2. The van der Waals surface area contributed by atoms with Gasteiger partial charge in [-0.2, -0.15) is 0 Å². The van der Waals surface area contributed by atoms with Crippen LogP contribution in [0, 0.1) is 11.6 Å². The lowest BCUT2D eigenvalue weighted by Gasteiger charge is -2.15. The first-order chi connectivity index (χ1) is 14.0. The van der Waals surface area contributed by atoms with Gasteiger partial charge < -0.3 is 5.32 Å². The second-order valence-electron chi connectivity index (χ2n) is 6.45. The first-order valence-corrected chi connectivity index (χ1v) is 9.85. The van der Waals surface area contributed by atoms with Crippen LogP contribution in [-0.2, 0) is 16.0 Å². The van der Waals surface area contributed by atoms with Gasteiger partial charge >= 0.3 is 0 Å². The van der Waals surface area contributed by atoms with Crippen molar-refractivity contribution in [2.24, 2.45) is 0 Å². The first-order valence-electron chi connectivity index (χ1n) is 8.97. The Morgan fingerprint density at radius 2 is 1.72 bits per heavy atom. The van der Waals surface area contributed by atoms with Crippen molar-refractivity contribution in [1.29, 1.82) is 0 Å². The summed E-state index contributed by atoms with van der Waals surface area (Å²) in [5.74, 6) is -3.38. The zero-order valence-electron chi connectivity index (χ0n) is 15.4. The zero-order chi connectivity index (χ0) is 20.5. The Balaban J connectivity index is 1.76. The number of imide groups is 1. The van der Waals surface area contributed by atoms with E-state index in [2.05, 4.69) is 5.32 Å². The molecule has 29 heavy (non-hydrogen) atoms. The van der Waals surface area contributed by atoms with E-state index < -0.39 is 23.4 Å². The SMILES string of the molecule is CCc1ccc(NC2=C(c3cccs3)C(=O)N(c3ccc(F)c(F)c3)C2=O)cc1. The number of amides is 2. The van der Waals surface area contributed by atoms with Gasteiger partial charge in [-0.3, -0.25) is 9.59 Å². The van der Waals surface area contributed by atoms with E-state index in [1.54, 1.807) is 17.5 Å². The number of nitrogens with zero attached hydrogens (tertiary/aromatic N) is 1. The van der Waals surface area contributed by atoms with Crippen molar-refractivity contribution in [3.05, 3.63) is 87.7 Å². The van der Waals surface area contributed by atoms with Crippen LogP contribution >= 0.6 is 11.3 Å². The van der Waals surface area contributed by atoms with Gasteiger partial charge in [0.05, 0.1) is 11.3 Å². The van der Waals surface area contributed by atoms with E-state index >= 15 is 0 Å². The molecule has 4 nitrogen and oxygen atoms in total. The number of benzene rings is 2. The molecule has 7 heteroatoms. The molecular formula is C22H16F2N2O2S. The summed E-state index contributed by atoms with van der Waals surface area (Å²) in [5.41, 5.74) is 2.08. The Bertz CT molecular complexity index is 1120. The minimum Gasteiger partial charge on any atom is -0.350 e. The molecule has 3 aromatic rings. The number of carbonyl (C=O) groups excluding carboxylic acids is 2. The van der Waals surface area contributed by atoms with Crippen LogP contribution in [0.3, 0.4) is 0 Å². The third kappa shape index (κ3) is 3.45. The maximum atomic E-state index is 13.7. The summed E-state index contributed by atoms with van der Waals surface area (Å²) in [7, 11) is 0. The molecule has 146 valence electrons. The number of carbonyl (C=O) groups is 2. The summed E-state index contributed by atoms with van der Waals surface area (Å²) >= 11 is 1.32. The molecule has 0 saturated carbocycles. The number of aryl methyl sites for hydroxylation is 1. The van der Waals surface area contributed by atoms with Crippen molar-refractivity contribution >= 4 is 40.1 Å². The summed E-state index contributed by atoms with van der Waals surface area (Å²) < 4.78 is 27.0. The fourth-order valence-electron chi connectivity index (χ4n) is 3.12. The Hall–Kier alpha value is -3.32. The highest BCUT2D eigenvalue weighted by molar-refractivity contribution is 7.11. The van der Waals surface area contributed by atoms with E-state index in [1.807, 2.05) is 31.2 Å². The van der Waals surface area contributed by atoms with E-state index in [4.69, 9.17) is 0 Å². The Labute approximate surface area is 170 Å². The Kier molecular flexibility index (Phi) is 4.98. The Morgan fingerprint density at radius 3 is 2.34 bits per heavy atom. The van der Waals surface area contributed by atoms with Crippen molar-refractivity contribution in [2.75, 3.05) is 10.2 Å². The van der Waals surface area contributed by atoms with Gasteiger partial charge in [0.1, 0.15) is 5.70 Å². The zero-order valence-corrected chi connectivity index (χ0v) is 16.2. The minimum absolute atomic E-state index is 0.0221. The Morgan fingerprint density at radius 1 is 0.966 bits per heavy atom. The molecule has 0 spiro atoms. The third-order valence-corrected chi connectivity index (χ3v) is 5.53. The molecule has 2 amide bonds. The molecule has 2 heterocycles. The predicted molar refractivity (Wildman–Crippen MR) is 110 cm³/mol. The van der Waals surface area contributed by atoms with Crippen LogP contribution < -0.4 is 10.2 Å². The molecule has 1 aliphatic heterocycles. The van der Waals surface area contributed by atoms with Gasteiger partial charge in [-0.15, -0.1) is 11.3 Å². The smallest absolute Gasteiger partial charge is 0.282 e. The second-order valence-corrected chi connectivity index (χ2v) is 7.39. The molecule has 0 saturated heterocycles. The molecule has 0 bridgehead atoms. The van der Waals surface area contributed by atoms with Crippen LogP contribution in [0.2, 0.25) is 0 Å². The summed E-state index contributed by atoms with van der Waals surface area (Å²) in [6, 6.07) is 14.0. The van der Waals surface area contributed by atoms with E-state index in [0.717, 1.165) is 29.0 Å². The monoisotopic (exact) mass is 410 g/mol. The van der Waals surface area contributed by atoms with Gasteiger partial charge in [0, 0.05) is 16.6 Å². The number of nitrogens with one attached hydrogen (secondary N) is 1. The van der Waals surface area contributed by atoms with Crippen molar-refractivity contribution in [3.63, 3.8) is 0 Å². The fourth-order valence-corrected chi connectivity index (χ4v) is 3.89. The van der Waals surface area contributed by atoms with E-state index in [9.17, 15) is 18.4 Å². The molecular weight excluding hydrogens is 394 g/mol. The largest absolute Gasteiger partial charge is 0.350 e. The lowest BCUT2D eigenvalue weighted by atomic mass is 10.1. The maximum Gasteiger partial charge on any atom is 0.282 e. The van der Waals surface area contributed by atoms with Crippen LogP contribution in [0.25, 0.3) is 5.57 Å². The molecule has 2 aromatic carbocycles. The van der Waals surface area contributed by atoms with E-state index in [1.165, 1.54) is 17.4 Å². The average Bonchev–Trinajstić information content (AvgIpc) is 3.32. The molecule has 0 aliphatic carbocycles. The topological polar surface area (TPSA) is 49.4 Å².